The van der Waals surface area contributed by atoms with Crippen LogP contribution in [0.1, 0.15) is 11.1 Å². The van der Waals surface area contributed by atoms with E-state index in [0.29, 0.717) is 0 Å². The lowest BCUT2D eigenvalue weighted by molar-refractivity contribution is 0.348. The summed E-state index contributed by atoms with van der Waals surface area (Å²) >= 11 is 2.31. The molecule has 0 spiro atoms. The Morgan fingerprint density at radius 1 is 1.46 bits per heavy atom. The normalized spacial score (nSPS) is 15.4. The quantitative estimate of drug-likeness (QED) is 0.727. The smallest absolute Gasteiger partial charge is 0.217 e. The maximum Gasteiger partial charge on any atom is 0.217 e. The minimum atomic E-state index is 0.722. The van der Waals surface area contributed by atoms with Crippen LogP contribution in [0.25, 0.3) is 0 Å². The molecule has 1 aromatic carbocycles. The SMILES string of the molecule is Cc1ccc(C2=NCCO2)c(I)c1. The summed E-state index contributed by atoms with van der Waals surface area (Å²) in [5, 5.41) is 0. The second-order valence-electron chi connectivity index (χ2n) is 3.02. The Bertz CT molecular complexity index is 360. The van der Waals surface area contributed by atoms with E-state index in [1.54, 1.807) is 0 Å². The Morgan fingerprint density at radius 2 is 2.31 bits per heavy atom. The predicted molar refractivity (Wildman–Crippen MR) is 61.3 cm³/mol. The summed E-state index contributed by atoms with van der Waals surface area (Å²) in [4.78, 5) is 4.29. The van der Waals surface area contributed by atoms with Gasteiger partial charge in [0.25, 0.3) is 0 Å². The summed E-state index contributed by atoms with van der Waals surface area (Å²) in [5.41, 5.74) is 2.38. The number of nitrogens with zero attached hydrogens (tertiary/aromatic N) is 1. The zero-order chi connectivity index (χ0) is 9.26. The monoisotopic (exact) mass is 287 g/mol. The van der Waals surface area contributed by atoms with E-state index in [-0.39, 0.29) is 0 Å². The molecule has 1 aliphatic rings. The van der Waals surface area contributed by atoms with Crippen LogP contribution in [0.5, 0.6) is 0 Å². The third-order valence-electron chi connectivity index (χ3n) is 1.94. The van der Waals surface area contributed by atoms with Gasteiger partial charge in [0.05, 0.1) is 6.54 Å². The van der Waals surface area contributed by atoms with Gasteiger partial charge in [0.1, 0.15) is 6.61 Å². The first kappa shape index (κ1) is 8.99. The van der Waals surface area contributed by atoms with Crippen molar-refractivity contribution < 1.29 is 4.74 Å². The molecule has 0 amide bonds. The predicted octanol–water partition coefficient (Wildman–Crippen LogP) is 2.38. The number of aliphatic imine (C=N–C) groups is 1. The van der Waals surface area contributed by atoms with Crippen LogP contribution in [0, 0.1) is 10.5 Å². The summed E-state index contributed by atoms with van der Waals surface area (Å²) in [6.45, 7) is 3.60. The minimum Gasteiger partial charge on any atom is -0.475 e. The molecule has 0 aliphatic carbocycles. The highest BCUT2D eigenvalue weighted by Crippen LogP contribution is 2.17. The fourth-order valence-corrected chi connectivity index (χ4v) is 2.19. The van der Waals surface area contributed by atoms with Crippen molar-refractivity contribution in [2.45, 2.75) is 6.92 Å². The third-order valence-corrected chi connectivity index (χ3v) is 2.83. The zero-order valence-electron chi connectivity index (χ0n) is 7.38. The van der Waals surface area contributed by atoms with Crippen LogP contribution in [0.4, 0.5) is 0 Å². The second-order valence-corrected chi connectivity index (χ2v) is 4.18. The average Bonchev–Trinajstić information content (AvgIpc) is 2.56. The summed E-state index contributed by atoms with van der Waals surface area (Å²) in [6.07, 6.45) is 0. The molecule has 1 heterocycles. The van der Waals surface area contributed by atoms with Crippen molar-refractivity contribution in [1.82, 2.24) is 0 Å². The second kappa shape index (κ2) is 3.65. The van der Waals surface area contributed by atoms with Crippen molar-refractivity contribution in [1.29, 1.82) is 0 Å². The molecule has 0 saturated carbocycles. The van der Waals surface area contributed by atoms with Gasteiger partial charge < -0.3 is 4.74 Å². The Hall–Kier alpha value is -0.580. The Kier molecular flexibility index (Phi) is 2.53. The molecule has 1 aliphatic heterocycles. The van der Waals surface area contributed by atoms with Gasteiger partial charge in [-0.3, -0.25) is 0 Å². The van der Waals surface area contributed by atoms with Crippen LogP contribution >= 0.6 is 22.6 Å². The highest BCUT2D eigenvalue weighted by Gasteiger charge is 2.12. The Balaban J connectivity index is 2.40. The summed E-state index contributed by atoms with van der Waals surface area (Å²) < 4.78 is 6.61. The van der Waals surface area contributed by atoms with Gasteiger partial charge in [0.2, 0.25) is 5.90 Å². The van der Waals surface area contributed by atoms with Gasteiger partial charge in [-0.25, -0.2) is 4.99 Å². The Morgan fingerprint density at radius 3 is 2.92 bits per heavy atom. The fraction of sp³-hybridized carbons (Fsp3) is 0.300. The van der Waals surface area contributed by atoms with Crippen LogP contribution in [0.3, 0.4) is 0 Å². The molecule has 1 aromatic rings. The van der Waals surface area contributed by atoms with E-state index in [0.717, 1.165) is 24.6 Å². The molecule has 0 fully saturated rings. The van der Waals surface area contributed by atoms with Gasteiger partial charge in [-0.15, -0.1) is 0 Å². The van der Waals surface area contributed by atoms with Crippen molar-refractivity contribution in [2.75, 3.05) is 13.2 Å². The van der Waals surface area contributed by atoms with Gasteiger partial charge in [0, 0.05) is 9.13 Å². The molecule has 0 bridgehead atoms. The lowest BCUT2D eigenvalue weighted by atomic mass is 10.1. The molecule has 3 heteroatoms. The summed E-state index contributed by atoms with van der Waals surface area (Å²) in [6, 6.07) is 6.29. The molecule has 0 atom stereocenters. The van der Waals surface area contributed by atoms with Crippen LogP contribution in [0.2, 0.25) is 0 Å². The van der Waals surface area contributed by atoms with E-state index < -0.39 is 0 Å². The molecule has 0 N–H and O–H groups in total. The van der Waals surface area contributed by atoms with Crippen molar-refractivity contribution in [3.8, 4) is 0 Å². The highest BCUT2D eigenvalue weighted by molar-refractivity contribution is 14.1. The molecule has 2 nitrogen and oxygen atoms in total. The molecular formula is C10H10INO. The highest BCUT2D eigenvalue weighted by atomic mass is 127. The lowest BCUT2D eigenvalue weighted by Crippen LogP contribution is -2.03. The van der Waals surface area contributed by atoms with Gasteiger partial charge in [-0.2, -0.15) is 0 Å². The number of hydrogen-bond donors (Lipinski definition) is 0. The number of aryl methyl sites for hydroxylation is 1. The first-order valence-corrected chi connectivity index (χ1v) is 5.29. The zero-order valence-corrected chi connectivity index (χ0v) is 9.54. The molecule has 0 radical (unpaired) electrons. The van der Waals surface area contributed by atoms with Crippen molar-refractivity contribution in [3.05, 3.63) is 32.9 Å². The van der Waals surface area contributed by atoms with E-state index in [4.69, 9.17) is 4.74 Å². The molecule has 2 rings (SSSR count). The topological polar surface area (TPSA) is 21.6 Å². The molecule has 0 unspecified atom stereocenters. The van der Waals surface area contributed by atoms with Gasteiger partial charge in [-0.1, -0.05) is 11.6 Å². The van der Waals surface area contributed by atoms with Crippen molar-refractivity contribution in [3.63, 3.8) is 0 Å². The lowest BCUT2D eigenvalue weighted by Gasteiger charge is -2.04. The van der Waals surface area contributed by atoms with Crippen molar-refractivity contribution in [2.24, 2.45) is 4.99 Å². The van der Waals surface area contributed by atoms with Crippen LogP contribution < -0.4 is 0 Å². The molecule has 68 valence electrons. The molecule has 0 saturated heterocycles. The largest absolute Gasteiger partial charge is 0.475 e. The standard InChI is InChI=1S/C10H10INO/c1-7-2-3-8(9(11)6-7)10-12-4-5-13-10/h2-3,6H,4-5H2,1H3. The molecule has 0 aromatic heterocycles. The molecule has 13 heavy (non-hydrogen) atoms. The van der Waals surface area contributed by atoms with Crippen LogP contribution in [-0.4, -0.2) is 19.0 Å². The van der Waals surface area contributed by atoms with Gasteiger partial charge in [0.15, 0.2) is 0 Å². The summed E-state index contributed by atoms with van der Waals surface area (Å²) in [7, 11) is 0. The van der Waals surface area contributed by atoms with Crippen LogP contribution in [-0.2, 0) is 4.74 Å². The number of rotatable bonds is 1. The van der Waals surface area contributed by atoms with E-state index in [1.165, 1.54) is 9.13 Å². The van der Waals surface area contributed by atoms with Gasteiger partial charge >= 0.3 is 0 Å². The van der Waals surface area contributed by atoms with E-state index in [9.17, 15) is 0 Å². The van der Waals surface area contributed by atoms with Gasteiger partial charge in [-0.05, 0) is 41.6 Å². The maximum absolute atomic E-state index is 5.40. The third kappa shape index (κ3) is 1.85. The Labute approximate surface area is 91.2 Å². The number of ether oxygens (including phenoxy) is 1. The van der Waals surface area contributed by atoms with E-state index >= 15 is 0 Å². The maximum atomic E-state index is 5.40. The number of halogens is 1. The minimum absolute atomic E-state index is 0.722. The molecular weight excluding hydrogens is 277 g/mol. The van der Waals surface area contributed by atoms with Crippen LogP contribution in [0.15, 0.2) is 23.2 Å². The van der Waals surface area contributed by atoms with E-state index in [1.807, 2.05) is 0 Å². The fourth-order valence-electron chi connectivity index (χ4n) is 1.29. The first-order chi connectivity index (χ1) is 6.27. The first-order valence-electron chi connectivity index (χ1n) is 4.21. The van der Waals surface area contributed by atoms with Crippen molar-refractivity contribution >= 4 is 28.5 Å². The number of hydrogen-bond acceptors (Lipinski definition) is 2. The number of benzene rings is 1. The average molecular weight is 287 g/mol. The van der Waals surface area contributed by atoms with E-state index in [2.05, 4.69) is 52.7 Å². The summed E-state index contributed by atoms with van der Waals surface area (Å²) in [5.74, 6) is 0.796.